The van der Waals surface area contributed by atoms with Gasteiger partial charge in [0.25, 0.3) is 0 Å². The molecule has 0 heterocycles. The lowest BCUT2D eigenvalue weighted by Gasteiger charge is -2.52. The van der Waals surface area contributed by atoms with Crippen molar-refractivity contribution in [2.75, 3.05) is 24.3 Å². The number of hydrogen-bond acceptors (Lipinski definition) is 3. The zero-order valence-electron chi connectivity index (χ0n) is 20.6. The zero-order chi connectivity index (χ0) is 22.1. The number of hydrogen-bond donors (Lipinski definition) is 0. The van der Waals surface area contributed by atoms with Gasteiger partial charge in [-0.05, 0) is 68.0 Å². The molecule has 5 heteroatoms. The van der Waals surface area contributed by atoms with Crippen LogP contribution in [-0.2, 0) is 8.85 Å². The van der Waals surface area contributed by atoms with E-state index in [0.717, 1.165) is 25.8 Å². The fraction of sp³-hybridized carbons (Fsp3) is 0.750. The van der Waals surface area contributed by atoms with Crippen LogP contribution in [0.2, 0.25) is 29.2 Å². The maximum atomic E-state index is 6.06. The number of anilines is 1. The molecular weight excluding hydrogens is 390 g/mol. The van der Waals surface area contributed by atoms with Crippen molar-refractivity contribution < 1.29 is 8.85 Å². The number of benzene rings is 1. The fourth-order valence-corrected chi connectivity index (χ4v) is 15.1. The van der Waals surface area contributed by atoms with Crippen LogP contribution < -0.4 is 4.57 Å². The van der Waals surface area contributed by atoms with Crippen LogP contribution in [0.15, 0.2) is 30.3 Å². The van der Waals surface area contributed by atoms with Crippen LogP contribution in [0.25, 0.3) is 0 Å². The van der Waals surface area contributed by atoms with Gasteiger partial charge < -0.3 is 13.4 Å². The SMILES string of the molecule is CCO[Si](C)(CCCCN(c1ccccc1)[Si](C(C)C)(C(C)C)C(C)C)OCC. The Balaban J connectivity index is 3.06. The third kappa shape index (κ3) is 6.68. The zero-order valence-corrected chi connectivity index (χ0v) is 22.6. The summed E-state index contributed by atoms with van der Waals surface area (Å²) in [5, 5.41) is 0. The third-order valence-corrected chi connectivity index (χ3v) is 16.5. The van der Waals surface area contributed by atoms with Crippen LogP contribution in [0, 0.1) is 0 Å². The monoisotopic (exact) mass is 437 g/mol. The molecule has 0 radical (unpaired) electrons. The lowest BCUT2D eigenvalue weighted by atomic mass is 10.3. The van der Waals surface area contributed by atoms with Crippen molar-refractivity contribution >= 4 is 22.5 Å². The van der Waals surface area contributed by atoms with E-state index in [4.69, 9.17) is 8.85 Å². The second-order valence-electron chi connectivity index (χ2n) is 9.30. The number of unbranched alkanes of at least 4 members (excludes halogenated alkanes) is 1. The molecule has 3 nitrogen and oxygen atoms in total. The van der Waals surface area contributed by atoms with Crippen molar-refractivity contribution in [3.8, 4) is 0 Å². The first-order valence-electron chi connectivity index (χ1n) is 11.8. The molecule has 0 saturated heterocycles. The molecule has 0 saturated carbocycles. The molecule has 0 aliphatic carbocycles. The van der Waals surface area contributed by atoms with Crippen molar-refractivity contribution in [3.05, 3.63) is 30.3 Å². The van der Waals surface area contributed by atoms with E-state index in [9.17, 15) is 0 Å². The Hall–Kier alpha value is -0.626. The van der Waals surface area contributed by atoms with Crippen molar-refractivity contribution in [2.24, 2.45) is 0 Å². The summed E-state index contributed by atoms with van der Waals surface area (Å²) in [4.78, 5) is 0. The summed E-state index contributed by atoms with van der Waals surface area (Å²) in [6.07, 6.45) is 2.36. The average Bonchev–Trinajstić information content (AvgIpc) is 2.64. The average molecular weight is 438 g/mol. The predicted molar refractivity (Wildman–Crippen MR) is 134 cm³/mol. The van der Waals surface area contributed by atoms with Gasteiger partial charge in [-0.15, -0.1) is 0 Å². The highest BCUT2D eigenvalue weighted by atomic mass is 28.4. The minimum absolute atomic E-state index is 0.703. The molecule has 0 aliphatic rings. The lowest BCUT2D eigenvalue weighted by Crippen LogP contribution is -2.61. The van der Waals surface area contributed by atoms with Crippen LogP contribution in [0.1, 0.15) is 68.2 Å². The van der Waals surface area contributed by atoms with E-state index in [-0.39, 0.29) is 0 Å². The van der Waals surface area contributed by atoms with Crippen molar-refractivity contribution in [3.63, 3.8) is 0 Å². The van der Waals surface area contributed by atoms with E-state index >= 15 is 0 Å². The quantitative estimate of drug-likeness (QED) is 0.221. The molecular formula is C24H47NO2Si2. The van der Waals surface area contributed by atoms with Gasteiger partial charge in [0, 0.05) is 25.4 Å². The first-order chi connectivity index (χ1) is 13.7. The highest BCUT2D eigenvalue weighted by Crippen LogP contribution is 2.46. The van der Waals surface area contributed by atoms with Gasteiger partial charge in [0.05, 0.1) is 0 Å². The van der Waals surface area contributed by atoms with E-state index in [2.05, 4.69) is 96.8 Å². The summed E-state index contributed by atoms with van der Waals surface area (Å²) in [6.45, 7) is 23.8. The van der Waals surface area contributed by atoms with Gasteiger partial charge >= 0.3 is 8.56 Å². The summed E-state index contributed by atoms with van der Waals surface area (Å²) in [5.74, 6) is 0. The molecule has 0 bridgehead atoms. The van der Waals surface area contributed by atoms with E-state index in [1.54, 1.807) is 0 Å². The van der Waals surface area contributed by atoms with Gasteiger partial charge in [-0.1, -0.05) is 59.7 Å². The highest BCUT2D eigenvalue weighted by Gasteiger charge is 2.48. The molecule has 0 N–H and O–H groups in total. The van der Waals surface area contributed by atoms with Crippen LogP contribution in [0.5, 0.6) is 0 Å². The fourth-order valence-electron chi connectivity index (χ4n) is 5.60. The molecule has 29 heavy (non-hydrogen) atoms. The van der Waals surface area contributed by atoms with Gasteiger partial charge in [0.2, 0.25) is 0 Å². The molecule has 168 valence electrons. The van der Waals surface area contributed by atoms with E-state index in [0.29, 0.717) is 16.6 Å². The minimum atomic E-state index is -2.02. The van der Waals surface area contributed by atoms with Gasteiger partial charge in [-0.25, -0.2) is 0 Å². The maximum Gasteiger partial charge on any atom is 0.334 e. The van der Waals surface area contributed by atoms with Crippen LogP contribution in [0.3, 0.4) is 0 Å². The van der Waals surface area contributed by atoms with Gasteiger partial charge in [0.1, 0.15) is 0 Å². The Morgan fingerprint density at radius 1 is 0.793 bits per heavy atom. The molecule has 0 unspecified atom stereocenters. The van der Waals surface area contributed by atoms with Crippen molar-refractivity contribution in [2.45, 2.75) is 97.4 Å². The Bertz CT molecular complexity index is 535. The van der Waals surface area contributed by atoms with Crippen LogP contribution >= 0.6 is 0 Å². The second kappa shape index (κ2) is 12.3. The molecule has 0 amide bonds. The second-order valence-corrected chi connectivity index (χ2v) is 18.4. The third-order valence-electron chi connectivity index (χ3n) is 6.47. The lowest BCUT2D eigenvalue weighted by molar-refractivity contribution is 0.188. The van der Waals surface area contributed by atoms with E-state index in [1.807, 2.05) is 0 Å². The first-order valence-corrected chi connectivity index (χ1v) is 16.5. The van der Waals surface area contributed by atoms with Crippen molar-refractivity contribution in [1.29, 1.82) is 0 Å². The molecule has 0 aromatic heterocycles. The normalized spacial score (nSPS) is 13.0. The standard InChI is InChI=1S/C24H47NO2Si2/c1-10-26-28(9,27-11-2)20-16-15-19-25(24-17-13-12-14-18-24)29(21(3)4,22(5)6)23(7)8/h12-14,17-18,21-23H,10-11,15-16,19-20H2,1-9H3. The Kier molecular flexibility index (Phi) is 11.2. The summed E-state index contributed by atoms with van der Waals surface area (Å²) in [7, 11) is -3.76. The largest absolute Gasteiger partial charge is 0.396 e. The first kappa shape index (κ1) is 26.4. The minimum Gasteiger partial charge on any atom is -0.396 e. The van der Waals surface area contributed by atoms with E-state index in [1.165, 1.54) is 18.5 Å². The topological polar surface area (TPSA) is 21.7 Å². The van der Waals surface area contributed by atoms with E-state index < -0.39 is 16.8 Å². The summed E-state index contributed by atoms with van der Waals surface area (Å²) in [5.41, 5.74) is 3.52. The number of para-hydroxylation sites is 1. The Morgan fingerprint density at radius 2 is 1.28 bits per heavy atom. The van der Waals surface area contributed by atoms with Gasteiger partial charge in [-0.2, -0.15) is 0 Å². The molecule has 0 fully saturated rings. The van der Waals surface area contributed by atoms with Crippen molar-refractivity contribution in [1.82, 2.24) is 0 Å². The van der Waals surface area contributed by atoms with Crippen LogP contribution in [0.4, 0.5) is 5.69 Å². The molecule has 1 aromatic rings. The van der Waals surface area contributed by atoms with Gasteiger partial charge in [-0.3, -0.25) is 0 Å². The Morgan fingerprint density at radius 3 is 1.69 bits per heavy atom. The number of rotatable bonds is 14. The molecule has 1 rings (SSSR count). The summed E-state index contributed by atoms with van der Waals surface area (Å²) >= 11 is 0. The number of nitrogens with zero attached hydrogens (tertiary/aromatic N) is 1. The molecule has 1 aromatic carbocycles. The highest BCUT2D eigenvalue weighted by molar-refractivity contribution is 6.86. The molecule has 0 aliphatic heterocycles. The summed E-state index contributed by atoms with van der Waals surface area (Å²) in [6, 6.07) is 12.2. The maximum absolute atomic E-state index is 6.06. The Labute approximate surface area is 183 Å². The smallest absolute Gasteiger partial charge is 0.334 e. The van der Waals surface area contributed by atoms with Crippen LogP contribution in [-0.4, -0.2) is 36.6 Å². The molecule has 0 atom stereocenters. The van der Waals surface area contributed by atoms with Gasteiger partial charge in [0.15, 0.2) is 8.24 Å². The summed E-state index contributed by atoms with van der Waals surface area (Å²) < 4.78 is 15.0. The molecule has 0 spiro atoms. The predicted octanol–water partition coefficient (Wildman–Crippen LogP) is 7.59.